The van der Waals surface area contributed by atoms with Gasteiger partial charge in [-0.2, -0.15) is 0 Å². The molecule has 0 aliphatic carbocycles. The molecule has 0 aliphatic heterocycles. The summed E-state index contributed by atoms with van der Waals surface area (Å²) >= 11 is 0. The molecule has 3 nitrogen and oxygen atoms in total. The fraction of sp³-hybridized carbons (Fsp3) is 0.0500. The minimum atomic E-state index is -0.934. The Morgan fingerprint density at radius 1 is 0.870 bits per heavy atom. The molecule has 114 valence electrons. The van der Waals surface area contributed by atoms with Crippen molar-refractivity contribution in [1.82, 2.24) is 0 Å². The number of carboxylic acid groups (broad SMARTS) is 1. The van der Waals surface area contributed by atoms with Crippen LogP contribution >= 0.6 is 0 Å². The average molecular weight is 304 g/mol. The van der Waals surface area contributed by atoms with E-state index in [-0.39, 0.29) is 5.56 Å². The second-order valence-electron chi connectivity index (χ2n) is 5.16. The highest BCUT2D eigenvalue weighted by Crippen LogP contribution is 2.30. The standard InChI is InChI=1S/C20H16O3/c21-20(22)17-10-6-7-15(13-17)14-23-19-12-5-4-11-18(19)16-8-2-1-3-9-16/h1-13H,14H2,(H,21,22). The fourth-order valence-electron chi connectivity index (χ4n) is 2.40. The lowest BCUT2D eigenvalue weighted by molar-refractivity contribution is 0.0696. The van der Waals surface area contributed by atoms with Crippen molar-refractivity contribution in [3.8, 4) is 16.9 Å². The minimum Gasteiger partial charge on any atom is -0.488 e. The second kappa shape index (κ2) is 6.79. The van der Waals surface area contributed by atoms with Gasteiger partial charge in [-0.05, 0) is 29.3 Å². The van der Waals surface area contributed by atoms with Gasteiger partial charge in [-0.15, -0.1) is 0 Å². The summed E-state index contributed by atoms with van der Waals surface area (Å²) in [6, 6.07) is 24.6. The summed E-state index contributed by atoms with van der Waals surface area (Å²) in [5.41, 5.74) is 3.19. The van der Waals surface area contributed by atoms with Crippen molar-refractivity contribution in [2.24, 2.45) is 0 Å². The summed E-state index contributed by atoms with van der Waals surface area (Å²) in [6.45, 7) is 0.324. The first kappa shape index (κ1) is 14.9. The molecule has 0 atom stereocenters. The molecular weight excluding hydrogens is 288 g/mol. The monoisotopic (exact) mass is 304 g/mol. The van der Waals surface area contributed by atoms with Gasteiger partial charge in [-0.25, -0.2) is 4.79 Å². The lowest BCUT2D eigenvalue weighted by Gasteiger charge is -2.12. The molecule has 3 heteroatoms. The highest BCUT2D eigenvalue weighted by Gasteiger charge is 2.07. The van der Waals surface area contributed by atoms with Crippen LogP contribution in [0.25, 0.3) is 11.1 Å². The SMILES string of the molecule is O=C(O)c1cccc(COc2ccccc2-c2ccccc2)c1. The van der Waals surface area contributed by atoms with E-state index in [1.807, 2.05) is 60.7 Å². The van der Waals surface area contributed by atoms with Crippen LogP contribution in [0, 0.1) is 0 Å². The number of carboxylic acids is 1. The molecule has 3 rings (SSSR count). The zero-order valence-corrected chi connectivity index (χ0v) is 12.5. The molecule has 23 heavy (non-hydrogen) atoms. The third kappa shape index (κ3) is 3.58. The Morgan fingerprint density at radius 3 is 2.39 bits per heavy atom. The number of rotatable bonds is 5. The maximum Gasteiger partial charge on any atom is 0.335 e. The highest BCUT2D eigenvalue weighted by molar-refractivity contribution is 5.87. The quantitative estimate of drug-likeness (QED) is 0.747. The number of benzene rings is 3. The molecule has 0 heterocycles. The van der Waals surface area contributed by atoms with E-state index in [4.69, 9.17) is 9.84 Å². The Hall–Kier alpha value is -3.07. The van der Waals surface area contributed by atoms with Crippen molar-refractivity contribution in [3.05, 3.63) is 90.0 Å². The van der Waals surface area contributed by atoms with E-state index in [9.17, 15) is 4.79 Å². The van der Waals surface area contributed by atoms with Gasteiger partial charge < -0.3 is 9.84 Å². The number of hydrogen-bond acceptors (Lipinski definition) is 2. The van der Waals surface area contributed by atoms with Gasteiger partial charge in [0.2, 0.25) is 0 Å². The molecule has 1 N–H and O–H groups in total. The molecule has 0 aromatic heterocycles. The third-order valence-electron chi connectivity index (χ3n) is 3.54. The van der Waals surface area contributed by atoms with Gasteiger partial charge in [-0.3, -0.25) is 0 Å². The Kier molecular flexibility index (Phi) is 4.39. The number of aromatic carboxylic acids is 1. The van der Waals surface area contributed by atoms with E-state index >= 15 is 0 Å². The van der Waals surface area contributed by atoms with Gasteiger partial charge in [0.15, 0.2) is 0 Å². The van der Waals surface area contributed by atoms with Gasteiger partial charge in [0.25, 0.3) is 0 Å². The van der Waals surface area contributed by atoms with Crippen LogP contribution in [0.1, 0.15) is 15.9 Å². The first-order valence-corrected chi connectivity index (χ1v) is 7.33. The Morgan fingerprint density at radius 2 is 1.61 bits per heavy atom. The Balaban J connectivity index is 1.82. The van der Waals surface area contributed by atoms with Gasteiger partial charge in [0, 0.05) is 5.56 Å². The molecule has 0 amide bonds. The van der Waals surface area contributed by atoms with Crippen molar-refractivity contribution in [2.45, 2.75) is 6.61 Å². The van der Waals surface area contributed by atoms with Crippen LogP contribution in [-0.4, -0.2) is 11.1 Å². The summed E-state index contributed by atoms with van der Waals surface area (Å²) in [7, 11) is 0. The summed E-state index contributed by atoms with van der Waals surface area (Å²) < 4.78 is 5.92. The summed E-state index contributed by atoms with van der Waals surface area (Å²) in [6.07, 6.45) is 0. The molecule has 3 aromatic rings. The normalized spacial score (nSPS) is 10.3. The molecular formula is C20H16O3. The molecule has 0 spiro atoms. The van der Waals surface area contributed by atoms with Crippen LogP contribution in [0.5, 0.6) is 5.75 Å². The van der Waals surface area contributed by atoms with Crippen molar-refractivity contribution in [2.75, 3.05) is 0 Å². The summed E-state index contributed by atoms with van der Waals surface area (Å²) in [4.78, 5) is 11.0. The topological polar surface area (TPSA) is 46.5 Å². The van der Waals surface area contributed by atoms with E-state index in [1.54, 1.807) is 18.2 Å². The lowest BCUT2D eigenvalue weighted by atomic mass is 10.0. The maximum atomic E-state index is 11.0. The number of hydrogen-bond donors (Lipinski definition) is 1. The van der Waals surface area contributed by atoms with E-state index in [0.29, 0.717) is 6.61 Å². The summed E-state index contributed by atoms with van der Waals surface area (Å²) in [5, 5.41) is 9.05. The number of carbonyl (C=O) groups is 1. The first-order chi connectivity index (χ1) is 11.2. The van der Waals surface area contributed by atoms with Gasteiger partial charge in [0.1, 0.15) is 12.4 Å². The second-order valence-corrected chi connectivity index (χ2v) is 5.16. The van der Waals surface area contributed by atoms with Crippen LogP contribution in [0.15, 0.2) is 78.9 Å². The maximum absolute atomic E-state index is 11.0. The van der Waals surface area contributed by atoms with Gasteiger partial charge >= 0.3 is 5.97 Å². The van der Waals surface area contributed by atoms with Crippen LogP contribution in [0.2, 0.25) is 0 Å². The number of para-hydroxylation sites is 1. The summed E-state index contributed by atoms with van der Waals surface area (Å²) in [5.74, 6) is -0.157. The molecule has 0 aliphatic rings. The van der Waals surface area contributed by atoms with Crippen molar-refractivity contribution < 1.29 is 14.6 Å². The van der Waals surface area contributed by atoms with Crippen LogP contribution < -0.4 is 4.74 Å². The fourth-order valence-corrected chi connectivity index (χ4v) is 2.40. The Bertz CT molecular complexity index is 810. The zero-order chi connectivity index (χ0) is 16.1. The Labute approximate surface area is 134 Å². The molecule has 0 radical (unpaired) electrons. The van der Waals surface area contributed by atoms with Crippen molar-refractivity contribution >= 4 is 5.97 Å². The highest BCUT2D eigenvalue weighted by atomic mass is 16.5. The van der Waals surface area contributed by atoms with E-state index in [1.165, 1.54) is 0 Å². The van der Waals surface area contributed by atoms with E-state index in [0.717, 1.165) is 22.4 Å². The molecule has 3 aromatic carbocycles. The van der Waals surface area contributed by atoms with Gasteiger partial charge in [0.05, 0.1) is 5.56 Å². The van der Waals surface area contributed by atoms with Crippen LogP contribution in [-0.2, 0) is 6.61 Å². The van der Waals surface area contributed by atoms with Crippen LogP contribution in [0.3, 0.4) is 0 Å². The van der Waals surface area contributed by atoms with Crippen LogP contribution in [0.4, 0.5) is 0 Å². The molecule has 0 unspecified atom stereocenters. The molecule has 0 saturated carbocycles. The smallest absolute Gasteiger partial charge is 0.335 e. The van der Waals surface area contributed by atoms with E-state index < -0.39 is 5.97 Å². The largest absolute Gasteiger partial charge is 0.488 e. The average Bonchev–Trinajstić information content (AvgIpc) is 2.61. The predicted molar refractivity (Wildman–Crippen MR) is 89.6 cm³/mol. The van der Waals surface area contributed by atoms with Gasteiger partial charge in [-0.1, -0.05) is 60.7 Å². The zero-order valence-electron chi connectivity index (χ0n) is 12.5. The van der Waals surface area contributed by atoms with E-state index in [2.05, 4.69) is 0 Å². The lowest BCUT2D eigenvalue weighted by Crippen LogP contribution is -2.00. The third-order valence-corrected chi connectivity index (χ3v) is 3.54. The first-order valence-electron chi connectivity index (χ1n) is 7.33. The van der Waals surface area contributed by atoms with Crippen molar-refractivity contribution in [3.63, 3.8) is 0 Å². The number of ether oxygens (including phenoxy) is 1. The molecule has 0 fully saturated rings. The molecule has 0 bridgehead atoms. The molecule has 0 saturated heterocycles. The minimum absolute atomic E-state index is 0.266. The van der Waals surface area contributed by atoms with Crippen molar-refractivity contribution in [1.29, 1.82) is 0 Å². The predicted octanol–water partition coefficient (Wildman–Crippen LogP) is 4.63.